The number of halogens is 1. The van der Waals surface area contributed by atoms with Crippen molar-refractivity contribution in [2.75, 3.05) is 5.73 Å². The Bertz CT molecular complexity index is 1200. The van der Waals surface area contributed by atoms with Crippen LogP contribution in [0.4, 0.5) is 5.82 Å². The molecule has 0 radical (unpaired) electrons. The molecule has 5 nitrogen and oxygen atoms in total. The lowest BCUT2D eigenvalue weighted by molar-refractivity contribution is 0.103. The summed E-state index contributed by atoms with van der Waals surface area (Å²) in [5.74, 6) is -0.471. The number of ketones is 2. The lowest BCUT2D eigenvalue weighted by atomic mass is 9.94. The molecule has 0 aliphatic heterocycles. The fourth-order valence-electron chi connectivity index (χ4n) is 3.23. The van der Waals surface area contributed by atoms with Crippen LogP contribution >= 0.6 is 11.6 Å². The number of nitrogens with two attached hydrogens (primary N) is 1. The Morgan fingerprint density at radius 2 is 1.66 bits per heavy atom. The minimum Gasteiger partial charge on any atom is -0.385 e. The third kappa shape index (κ3) is 3.56. The summed E-state index contributed by atoms with van der Waals surface area (Å²) in [5.41, 5.74) is 8.56. The second kappa shape index (κ2) is 7.73. The monoisotopic (exact) mass is 401 g/mol. The van der Waals surface area contributed by atoms with Crippen molar-refractivity contribution in [3.05, 3.63) is 107 Å². The van der Waals surface area contributed by atoms with Gasteiger partial charge in [0.2, 0.25) is 5.78 Å². The number of pyridine rings is 1. The second-order valence-corrected chi connectivity index (χ2v) is 6.88. The lowest BCUT2D eigenvalue weighted by Crippen LogP contribution is -2.07. The van der Waals surface area contributed by atoms with Crippen molar-refractivity contribution in [1.82, 2.24) is 9.97 Å². The molecule has 2 heterocycles. The number of hydrogen-bond acceptors (Lipinski definition) is 4. The average Bonchev–Trinajstić information content (AvgIpc) is 3.11. The Kier molecular flexibility index (Phi) is 4.97. The molecule has 4 aromatic rings. The fourth-order valence-corrected chi connectivity index (χ4v) is 3.42. The summed E-state index contributed by atoms with van der Waals surface area (Å²) >= 11 is 6.05. The summed E-state index contributed by atoms with van der Waals surface area (Å²) in [4.78, 5) is 33.5. The van der Waals surface area contributed by atoms with Crippen LogP contribution in [0.1, 0.15) is 32.0 Å². The van der Waals surface area contributed by atoms with Gasteiger partial charge in [-0.25, -0.2) is 0 Å². The summed E-state index contributed by atoms with van der Waals surface area (Å²) in [6.45, 7) is 0. The number of aromatic nitrogens is 2. The molecule has 3 N–H and O–H groups in total. The van der Waals surface area contributed by atoms with Crippen molar-refractivity contribution in [3.63, 3.8) is 0 Å². The van der Waals surface area contributed by atoms with E-state index in [1.807, 2.05) is 6.07 Å². The summed E-state index contributed by atoms with van der Waals surface area (Å²) in [6, 6.07) is 18.9. The third-order valence-corrected chi connectivity index (χ3v) is 4.79. The van der Waals surface area contributed by atoms with Gasteiger partial charge < -0.3 is 10.7 Å². The van der Waals surface area contributed by atoms with E-state index in [1.54, 1.807) is 73.1 Å². The van der Waals surface area contributed by atoms with Crippen molar-refractivity contribution in [2.45, 2.75) is 0 Å². The quantitative estimate of drug-likeness (QED) is 0.471. The van der Waals surface area contributed by atoms with Gasteiger partial charge in [0.25, 0.3) is 0 Å². The van der Waals surface area contributed by atoms with Crippen LogP contribution in [0.5, 0.6) is 0 Å². The zero-order valence-corrected chi connectivity index (χ0v) is 16.0. The van der Waals surface area contributed by atoms with Crippen LogP contribution < -0.4 is 5.73 Å². The smallest absolute Gasteiger partial charge is 0.209 e. The van der Waals surface area contributed by atoms with Crippen molar-refractivity contribution < 1.29 is 9.59 Å². The van der Waals surface area contributed by atoms with Crippen LogP contribution in [-0.4, -0.2) is 21.5 Å². The SMILES string of the molecule is Nc1[nH]c(C(=O)c2ccccc2)c(-c2cccnc2)c1C(=O)c1cccc(Cl)c1. The molecule has 0 atom stereocenters. The molecule has 2 aromatic carbocycles. The highest BCUT2D eigenvalue weighted by Gasteiger charge is 2.28. The van der Waals surface area contributed by atoms with Crippen molar-refractivity contribution in [1.29, 1.82) is 0 Å². The highest BCUT2D eigenvalue weighted by atomic mass is 35.5. The zero-order chi connectivity index (χ0) is 20.4. The number of benzene rings is 2. The molecular formula is C23H16ClN3O2. The van der Waals surface area contributed by atoms with Gasteiger partial charge in [-0.15, -0.1) is 0 Å². The number of aromatic amines is 1. The van der Waals surface area contributed by atoms with Gasteiger partial charge in [0.15, 0.2) is 5.78 Å². The molecule has 0 fully saturated rings. The first kappa shape index (κ1) is 18.7. The van der Waals surface area contributed by atoms with Crippen LogP contribution in [0, 0.1) is 0 Å². The summed E-state index contributed by atoms with van der Waals surface area (Å²) in [6.07, 6.45) is 3.22. The molecule has 29 heavy (non-hydrogen) atoms. The topological polar surface area (TPSA) is 88.8 Å². The molecule has 4 rings (SSSR count). The molecule has 0 spiro atoms. The van der Waals surface area contributed by atoms with Crippen LogP contribution in [0.25, 0.3) is 11.1 Å². The Labute approximate surface area is 172 Å². The van der Waals surface area contributed by atoms with Gasteiger partial charge in [0.1, 0.15) is 5.82 Å². The molecule has 6 heteroatoms. The second-order valence-electron chi connectivity index (χ2n) is 6.44. The van der Waals surface area contributed by atoms with Crippen LogP contribution in [0.2, 0.25) is 5.02 Å². The molecule has 0 saturated heterocycles. The van der Waals surface area contributed by atoms with E-state index >= 15 is 0 Å². The van der Waals surface area contributed by atoms with Gasteiger partial charge in [-0.05, 0) is 18.2 Å². The van der Waals surface area contributed by atoms with Crippen molar-refractivity contribution >= 4 is 29.0 Å². The fraction of sp³-hybridized carbons (Fsp3) is 0. The maximum atomic E-state index is 13.3. The minimum absolute atomic E-state index is 0.119. The van der Waals surface area contributed by atoms with E-state index < -0.39 is 0 Å². The average molecular weight is 402 g/mol. The normalized spacial score (nSPS) is 10.7. The van der Waals surface area contributed by atoms with Crippen molar-refractivity contribution in [2.24, 2.45) is 0 Å². The summed E-state index contributed by atoms with van der Waals surface area (Å²) in [5, 5.41) is 0.438. The summed E-state index contributed by atoms with van der Waals surface area (Å²) in [7, 11) is 0. The number of hydrogen-bond donors (Lipinski definition) is 2. The number of anilines is 1. The molecule has 0 saturated carbocycles. The number of nitrogens with zero attached hydrogens (tertiary/aromatic N) is 1. The first-order valence-corrected chi connectivity index (χ1v) is 9.26. The number of carbonyl (C=O) groups is 2. The van der Waals surface area contributed by atoms with Crippen LogP contribution in [0.15, 0.2) is 79.1 Å². The molecule has 0 unspecified atom stereocenters. The van der Waals surface area contributed by atoms with Gasteiger partial charge in [0.05, 0.1) is 11.3 Å². The molecule has 142 valence electrons. The van der Waals surface area contributed by atoms with E-state index in [1.165, 1.54) is 0 Å². The first-order valence-electron chi connectivity index (χ1n) is 8.88. The largest absolute Gasteiger partial charge is 0.385 e. The van der Waals surface area contributed by atoms with Gasteiger partial charge >= 0.3 is 0 Å². The number of nitrogens with one attached hydrogen (secondary N) is 1. The summed E-state index contributed by atoms with van der Waals surface area (Å²) < 4.78 is 0. The van der Waals surface area contributed by atoms with E-state index in [0.29, 0.717) is 27.3 Å². The lowest BCUT2D eigenvalue weighted by Gasteiger charge is -2.08. The maximum absolute atomic E-state index is 13.3. The molecular weight excluding hydrogens is 386 g/mol. The number of H-pyrrole nitrogens is 1. The van der Waals surface area contributed by atoms with E-state index in [0.717, 1.165) is 0 Å². The number of rotatable bonds is 5. The molecule has 2 aromatic heterocycles. The van der Waals surface area contributed by atoms with Crippen LogP contribution in [0.3, 0.4) is 0 Å². The first-order chi connectivity index (χ1) is 14.1. The number of nitrogen functional groups attached to an aromatic ring is 1. The van der Waals surface area contributed by atoms with E-state index in [-0.39, 0.29) is 28.6 Å². The Morgan fingerprint density at radius 1 is 0.897 bits per heavy atom. The third-order valence-electron chi connectivity index (χ3n) is 4.56. The van der Waals surface area contributed by atoms with Gasteiger partial charge in [-0.1, -0.05) is 60.1 Å². The minimum atomic E-state index is -0.327. The van der Waals surface area contributed by atoms with E-state index in [9.17, 15) is 9.59 Å². The highest BCUT2D eigenvalue weighted by molar-refractivity contribution is 6.31. The highest BCUT2D eigenvalue weighted by Crippen LogP contribution is 2.34. The maximum Gasteiger partial charge on any atom is 0.209 e. The molecule has 0 bridgehead atoms. The Hall–Kier alpha value is -3.70. The van der Waals surface area contributed by atoms with E-state index in [2.05, 4.69) is 9.97 Å². The van der Waals surface area contributed by atoms with Gasteiger partial charge in [-0.3, -0.25) is 14.6 Å². The van der Waals surface area contributed by atoms with Gasteiger partial charge in [-0.2, -0.15) is 0 Å². The standard InChI is InChI=1S/C23H16ClN3O2/c24-17-10-4-8-15(12-17)21(28)19-18(16-9-5-11-26-13-16)20(27-23(19)25)22(29)14-6-2-1-3-7-14/h1-13,27H,25H2. The Balaban J connectivity index is 1.93. The van der Waals surface area contributed by atoms with E-state index in [4.69, 9.17) is 17.3 Å². The van der Waals surface area contributed by atoms with Gasteiger partial charge in [0, 0.05) is 39.7 Å². The van der Waals surface area contributed by atoms with Crippen molar-refractivity contribution in [3.8, 4) is 11.1 Å². The van der Waals surface area contributed by atoms with Crippen LogP contribution in [-0.2, 0) is 0 Å². The predicted molar refractivity (Wildman–Crippen MR) is 113 cm³/mol. The Morgan fingerprint density at radius 3 is 2.34 bits per heavy atom. The molecule has 0 amide bonds. The zero-order valence-electron chi connectivity index (χ0n) is 15.2. The molecule has 0 aliphatic carbocycles. The number of carbonyl (C=O) groups excluding carboxylic acids is 2. The molecule has 0 aliphatic rings. The predicted octanol–water partition coefficient (Wildman–Crippen LogP) is 4.77.